The molecule has 0 fully saturated rings. The molecule has 0 saturated heterocycles. The summed E-state index contributed by atoms with van der Waals surface area (Å²) in [6.07, 6.45) is 2.39. The number of aromatic carboxylic acids is 1. The van der Waals surface area contributed by atoms with Crippen molar-refractivity contribution in [2.45, 2.75) is 26.3 Å². The Hall–Kier alpha value is -0.950. The summed E-state index contributed by atoms with van der Waals surface area (Å²) in [4.78, 5) is 11.0. The van der Waals surface area contributed by atoms with Gasteiger partial charge in [-0.2, -0.15) is 4.37 Å². The predicted molar refractivity (Wildman–Crippen MR) is 70.4 cm³/mol. The van der Waals surface area contributed by atoms with Crippen LogP contribution in [0.15, 0.2) is 0 Å². The van der Waals surface area contributed by atoms with E-state index in [1.807, 2.05) is 6.92 Å². The number of rotatable bonds is 6. The van der Waals surface area contributed by atoms with E-state index in [0.29, 0.717) is 16.4 Å². The van der Waals surface area contributed by atoms with Gasteiger partial charge in [-0.15, -0.1) is 0 Å². The molecule has 0 aromatic carbocycles. The summed E-state index contributed by atoms with van der Waals surface area (Å²) in [6, 6.07) is 0.0804. The molecular weight excluding hydrogens is 260 g/mol. The average Bonchev–Trinajstić information content (AvgIpc) is 2.56. The number of carbonyl (C=O) groups is 1. The summed E-state index contributed by atoms with van der Waals surface area (Å²) >= 11 is 1.15. The van der Waals surface area contributed by atoms with Crippen LogP contribution in [0, 0.1) is 6.92 Å². The standard InChI is InChI=1S/C10H16N2O3S2/c1-6(4-5-17(3)15)11-9-8(10(13)14)7(2)12-16-9/h6,11H,4-5H2,1-3H3,(H,13,14). The number of carboxylic acids is 1. The topological polar surface area (TPSA) is 79.3 Å². The summed E-state index contributed by atoms with van der Waals surface area (Å²) in [5.41, 5.74) is 0.760. The fourth-order valence-electron chi connectivity index (χ4n) is 1.36. The van der Waals surface area contributed by atoms with E-state index in [1.165, 1.54) is 0 Å². The Kier molecular flexibility index (Phi) is 5.07. The molecule has 0 spiro atoms. The smallest absolute Gasteiger partial charge is 0.340 e. The Labute approximate surface area is 107 Å². The second-order valence-electron chi connectivity index (χ2n) is 3.89. The van der Waals surface area contributed by atoms with E-state index in [1.54, 1.807) is 13.2 Å². The van der Waals surface area contributed by atoms with Gasteiger partial charge in [-0.25, -0.2) is 4.79 Å². The van der Waals surface area contributed by atoms with Gasteiger partial charge in [-0.1, -0.05) is 0 Å². The predicted octanol–water partition coefficient (Wildman–Crippen LogP) is 1.72. The van der Waals surface area contributed by atoms with Crippen LogP contribution in [0.2, 0.25) is 0 Å². The van der Waals surface area contributed by atoms with E-state index in [-0.39, 0.29) is 11.6 Å². The van der Waals surface area contributed by atoms with Gasteiger partial charge in [0.15, 0.2) is 0 Å². The van der Waals surface area contributed by atoms with Gasteiger partial charge in [0, 0.05) is 28.9 Å². The zero-order valence-electron chi connectivity index (χ0n) is 10.0. The molecule has 0 radical (unpaired) electrons. The van der Waals surface area contributed by atoms with E-state index in [9.17, 15) is 9.00 Å². The van der Waals surface area contributed by atoms with E-state index >= 15 is 0 Å². The van der Waals surface area contributed by atoms with Gasteiger partial charge in [0.1, 0.15) is 10.6 Å². The lowest BCUT2D eigenvalue weighted by Gasteiger charge is -2.13. The first-order chi connectivity index (χ1) is 7.91. The van der Waals surface area contributed by atoms with Crippen molar-refractivity contribution in [3.05, 3.63) is 11.3 Å². The van der Waals surface area contributed by atoms with Crippen LogP contribution in [-0.4, -0.2) is 37.7 Å². The van der Waals surface area contributed by atoms with E-state index < -0.39 is 16.8 Å². The number of anilines is 1. The van der Waals surface area contributed by atoms with Gasteiger partial charge < -0.3 is 10.4 Å². The molecule has 5 nitrogen and oxygen atoms in total. The number of hydrogen-bond acceptors (Lipinski definition) is 5. The molecule has 7 heteroatoms. The first kappa shape index (κ1) is 14.1. The van der Waals surface area contributed by atoms with Crippen molar-refractivity contribution in [3.8, 4) is 0 Å². The summed E-state index contributed by atoms with van der Waals surface area (Å²) in [5.74, 6) is -0.362. The minimum Gasteiger partial charge on any atom is -0.478 e. The maximum absolute atomic E-state index is 11.0. The third-order valence-corrected chi connectivity index (χ3v) is 3.97. The third kappa shape index (κ3) is 4.08. The average molecular weight is 276 g/mol. The molecule has 0 amide bonds. The van der Waals surface area contributed by atoms with Crippen LogP contribution in [0.5, 0.6) is 0 Å². The summed E-state index contributed by atoms with van der Waals surface area (Å²) in [7, 11) is -0.822. The van der Waals surface area contributed by atoms with Crippen molar-refractivity contribution in [3.63, 3.8) is 0 Å². The van der Waals surface area contributed by atoms with Crippen LogP contribution in [0.1, 0.15) is 29.4 Å². The normalized spacial score (nSPS) is 14.3. The molecule has 0 aliphatic rings. The molecule has 1 aromatic rings. The molecule has 2 unspecified atom stereocenters. The van der Waals surface area contributed by atoms with Crippen molar-refractivity contribution in [1.29, 1.82) is 0 Å². The second-order valence-corrected chi connectivity index (χ2v) is 6.22. The zero-order chi connectivity index (χ0) is 13.0. The number of carboxylic acid groups (broad SMARTS) is 1. The Morgan fingerprint density at radius 1 is 1.65 bits per heavy atom. The van der Waals surface area contributed by atoms with E-state index in [0.717, 1.165) is 18.0 Å². The van der Waals surface area contributed by atoms with Crippen LogP contribution in [0.3, 0.4) is 0 Å². The van der Waals surface area contributed by atoms with Gasteiger partial charge in [-0.05, 0) is 31.8 Å². The lowest BCUT2D eigenvalue weighted by Crippen LogP contribution is -2.18. The third-order valence-electron chi connectivity index (χ3n) is 2.29. The van der Waals surface area contributed by atoms with Crippen LogP contribution in [-0.2, 0) is 10.8 Å². The highest BCUT2D eigenvalue weighted by atomic mass is 32.2. The molecule has 17 heavy (non-hydrogen) atoms. The Morgan fingerprint density at radius 2 is 2.29 bits per heavy atom. The number of nitrogens with one attached hydrogen (secondary N) is 1. The molecular formula is C10H16N2O3S2. The van der Waals surface area contributed by atoms with E-state index in [2.05, 4.69) is 9.69 Å². The van der Waals surface area contributed by atoms with Crippen LogP contribution < -0.4 is 5.32 Å². The first-order valence-corrected chi connectivity index (χ1v) is 7.68. The van der Waals surface area contributed by atoms with Gasteiger partial charge in [0.2, 0.25) is 0 Å². The molecule has 0 bridgehead atoms. The quantitative estimate of drug-likeness (QED) is 0.827. The second kappa shape index (κ2) is 6.11. The lowest BCUT2D eigenvalue weighted by atomic mass is 10.2. The molecule has 1 rings (SSSR count). The fourth-order valence-corrected chi connectivity index (χ4v) is 2.94. The van der Waals surface area contributed by atoms with E-state index in [4.69, 9.17) is 5.11 Å². The fraction of sp³-hybridized carbons (Fsp3) is 0.600. The van der Waals surface area contributed by atoms with Crippen LogP contribution in [0.25, 0.3) is 0 Å². The van der Waals surface area contributed by atoms with Crippen molar-refractivity contribution in [2.24, 2.45) is 0 Å². The van der Waals surface area contributed by atoms with Crippen LogP contribution >= 0.6 is 11.5 Å². The van der Waals surface area contributed by atoms with Crippen molar-refractivity contribution < 1.29 is 14.1 Å². The van der Waals surface area contributed by atoms with Gasteiger partial charge in [-0.3, -0.25) is 4.21 Å². The summed E-state index contributed by atoms with van der Waals surface area (Å²) in [6.45, 7) is 3.62. The van der Waals surface area contributed by atoms with Crippen molar-refractivity contribution >= 4 is 33.3 Å². The first-order valence-electron chi connectivity index (χ1n) is 5.18. The molecule has 2 atom stereocenters. The SMILES string of the molecule is Cc1nsc(NC(C)CCS(C)=O)c1C(=O)O. The summed E-state index contributed by atoms with van der Waals surface area (Å²) in [5, 5.41) is 12.7. The highest BCUT2D eigenvalue weighted by Crippen LogP contribution is 2.25. The largest absolute Gasteiger partial charge is 0.478 e. The van der Waals surface area contributed by atoms with Gasteiger partial charge in [0.25, 0.3) is 0 Å². The molecule has 1 heterocycles. The monoisotopic (exact) mass is 276 g/mol. The lowest BCUT2D eigenvalue weighted by molar-refractivity contribution is 0.0697. The zero-order valence-corrected chi connectivity index (χ0v) is 11.7. The molecule has 0 aliphatic carbocycles. The highest BCUT2D eigenvalue weighted by Gasteiger charge is 2.18. The Balaban J connectivity index is 2.68. The molecule has 0 saturated carbocycles. The van der Waals surface area contributed by atoms with Gasteiger partial charge in [0.05, 0.1) is 5.69 Å². The molecule has 96 valence electrons. The number of aromatic nitrogens is 1. The molecule has 2 N–H and O–H groups in total. The Morgan fingerprint density at radius 3 is 2.82 bits per heavy atom. The maximum Gasteiger partial charge on any atom is 0.340 e. The van der Waals surface area contributed by atoms with Crippen molar-refractivity contribution in [2.75, 3.05) is 17.3 Å². The highest BCUT2D eigenvalue weighted by molar-refractivity contribution is 7.84. The number of hydrogen-bond donors (Lipinski definition) is 2. The minimum absolute atomic E-state index is 0.0804. The van der Waals surface area contributed by atoms with Crippen LogP contribution in [0.4, 0.5) is 5.00 Å². The van der Waals surface area contributed by atoms with Gasteiger partial charge >= 0.3 is 5.97 Å². The molecule has 1 aromatic heterocycles. The molecule has 0 aliphatic heterocycles. The Bertz CT molecular complexity index is 431. The number of nitrogens with zero attached hydrogens (tertiary/aromatic N) is 1. The minimum atomic E-state index is -0.968. The maximum atomic E-state index is 11.0. The summed E-state index contributed by atoms with van der Waals surface area (Å²) < 4.78 is 15.0. The van der Waals surface area contributed by atoms with Crippen molar-refractivity contribution in [1.82, 2.24) is 4.37 Å². The number of aryl methyl sites for hydroxylation is 1.